The number of piperidine rings is 1. The molecule has 3 unspecified atom stereocenters. The highest BCUT2D eigenvalue weighted by Crippen LogP contribution is 2.40. The highest BCUT2D eigenvalue weighted by Gasteiger charge is 2.43. The Morgan fingerprint density at radius 3 is 2.57 bits per heavy atom. The first-order valence-electron chi connectivity index (χ1n) is 9.46. The van der Waals surface area contributed by atoms with Crippen molar-refractivity contribution < 1.29 is 0 Å². The monoisotopic (exact) mass is 293 g/mol. The third-order valence-corrected chi connectivity index (χ3v) is 6.62. The smallest absolute Gasteiger partial charge is 0.0335 e. The van der Waals surface area contributed by atoms with Crippen molar-refractivity contribution in [3.05, 3.63) is 0 Å². The van der Waals surface area contributed by atoms with Gasteiger partial charge in [0.05, 0.1) is 0 Å². The van der Waals surface area contributed by atoms with Gasteiger partial charge in [0.1, 0.15) is 0 Å². The van der Waals surface area contributed by atoms with Crippen molar-refractivity contribution in [2.75, 3.05) is 32.7 Å². The molecule has 2 saturated heterocycles. The Morgan fingerprint density at radius 1 is 1.05 bits per heavy atom. The SMILES string of the molecule is CCC1CCCC(CN)(N2CCC(N3CCCCC3)C2)C1. The molecule has 0 aromatic rings. The quantitative estimate of drug-likeness (QED) is 0.865. The van der Waals surface area contributed by atoms with Crippen molar-refractivity contribution in [3.8, 4) is 0 Å². The lowest BCUT2D eigenvalue weighted by molar-refractivity contribution is 0.0454. The van der Waals surface area contributed by atoms with Crippen LogP contribution in [0.2, 0.25) is 0 Å². The largest absolute Gasteiger partial charge is 0.329 e. The summed E-state index contributed by atoms with van der Waals surface area (Å²) in [4.78, 5) is 5.57. The zero-order valence-electron chi connectivity index (χ0n) is 14.0. The van der Waals surface area contributed by atoms with E-state index in [1.165, 1.54) is 84.0 Å². The Morgan fingerprint density at radius 2 is 1.86 bits per heavy atom. The fraction of sp³-hybridized carbons (Fsp3) is 1.00. The number of rotatable bonds is 4. The molecule has 3 aliphatic rings. The van der Waals surface area contributed by atoms with E-state index in [4.69, 9.17) is 5.73 Å². The molecule has 3 fully saturated rings. The van der Waals surface area contributed by atoms with Crippen LogP contribution in [-0.2, 0) is 0 Å². The van der Waals surface area contributed by atoms with Crippen LogP contribution >= 0.6 is 0 Å². The maximum atomic E-state index is 6.30. The van der Waals surface area contributed by atoms with Crippen LogP contribution in [-0.4, -0.2) is 54.1 Å². The van der Waals surface area contributed by atoms with Gasteiger partial charge in [0.2, 0.25) is 0 Å². The van der Waals surface area contributed by atoms with Gasteiger partial charge in [-0.15, -0.1) is 0 Å². The predicted octanol–water partition coefficient (Wildman–Crippen LogP) is 2.84. The molecular formula is C18H35N3. The zero-order valence-corrected chi connectivity index (χ0v) is 14.0. The molecule has 0 amide bonds. The molecule has 0 bridgehead atoms. The number of hydrogen-bond donors (Lipinski definition) is 1. The lowest BCUT2D eigenvalue weighted by Gasteiger charge is -2.47. The van der Waals surface area contributed by atoms with E-state index in [1.807, 2.05) is 0 Å². The lowest BCUT2D eigenvalue weighted by Crippen LogP contribution is -2.56. The van der Waals surface area contributed by atoms with Crippen LogP contribution < -0.4 is 5.73 Å². The van der Waals surface area contributed by atoms with Crippen LogP contribution in [0, 0.1) is 5.92 Å². The van der Waals surface area contributed by atoms with Gasteiger partial charge in [-0.1, -0.05) is 32.6 Å². The second kappa shape index (κ2) is 6.97. The molecule has 3 heteroatoms. The molecule has 0 aromatic carbocycles. The fourth-order valence-electron chi connectivity index (χ4n) is 5.17. The molecule has 0 spiro atoms. The second-order valence-electron chi connectivity index (χ2n) is 7.78. The molecule has 2 N–H and O–H groups in total. The van der Waals surface area contributed by atoms with Gasteiger partial charge in [-0.2, -0.15) is 0 Å². The summed E-state index contributed by atoms with van der Waals surface area (Å²) < 4.78 is 0. The summed E-state index contributed by atoms with van der Waals surface area (Å²) in [6.07, 6.45) is 12.5. The van der Waals surface area contributed by atoms with E-state index in [-0.39, 0.29) is 0 Å². The van der Waals surface area contributed by atoms with Crippen molar-refractivity contribution in [1.82, 2.24) is 9.80 Å². The minimum absolute atomic E-state index is 0.337. The van der Waals surface area contributed by atoms with Crippen LogP contribution in [0.1, 0.15) is 64.7 Å². The summed E-state index contributed by atoms with van der Waals surface area (Å²) in [7, 11) is 0. The minimum Gasteiger partial charge on any atom is -0.329 e. The van der Waals surface area contributed by atoms with Crippen molar-refractivity contribution in [3.63, 3.8) is 0 Å². The van der Waals surface area contributed by atoms with Gasteiger partial charge >= 0.3 is 0 Å². The predicted molar refractivity (Wildman–Crippen MR) is 89.4 cm³/mol. The summed E-state index contributed by atoms with van der Waals surface area (Å²) in [6, 6.07) is 0.815. The van der Waals surface area contributed by atoms with Crippen LogP contribution in [0.3, 0.4) is 0 Å². The number of hydrogen-bond acceptors (Lipinski definition) is 3. The molecule has 0 aromatic heterocycles. The zero-order chi connectivity index (χ0) is 14.7. The third-order valence-electron chi connectivity index (χ3n) is 6.62. The Kier molecular flexibility index (Phi) is 5.23. The van der Waals surface area contributed by atoms with Crippen molar-refractivity contribution in [2.24, 2.45) is 11.7 Å². The van der Waals surface area contributed by atoms with Gasteiger partial charge in [-0.3, -0.25) is 9.80 Å². The highest BCUT2D eigenvalue weighted by atomic mass is 15.3. The molecule has 3 nitrogen and oxygen atoms in total. The van der Waals surface area contributed by atoms with E-state index in [0.717, 1.165) is 18.5 Å². The molecule has 122 valence electrons. The van der Waals surface area contributed by atoms with E-state index in [0.29, 0.717) is 5.54 Å². The maximum absolute atomic E-state index is 6.30. The van der Waals surface area contributed by atoms with Crippen LogP contribution in [0.25, 0.3) is 0 Å². The topological polar surface area (TPSA) is 32.5 Å². The maximum Gasteiger partial charge on any atom is 0.0335 e. The average Bonchev–Trinajstić information content (AvgIpc) is 3.06. The first-order chi connectivity index (χ1) is 10.3. The molecule has 0 radical (unpaired) electrons. The van der Waals surface area contributed by atoms with Gasteiger partial charge in [0, 0.05) is 31.2 Å². The van der Waals surface area contributed by atoms with E-state index in [2.05, 4.69) is 16.7 Å². The Hall–Kier alpha value is -0.120. The standard InChI is InChI=1S/C18H35N3/c1-2-16-7-6-9-18(13-16,15-19)21-12-8-17(14-21)20-10-4-3-5-11-20/h16-17H,2-15,19H2,1H3. The molecular weight excluding hydrogens is 258 g/mol. The summed E-state index contributed by atoms with van der Waals surface area (Å²) >= 11 is 0. The van der Waals surface area contributed by atoms with E-state index in [1.54, 1.807) is 0 Å². The van der Waals surface area contributed by atoms with Gasteiger partial charge in [0.15, 0.2) is 0 Å². The third kappa shape index (κ3) is 3.30. The van der Waals surface area contributed by atoms with Gasteiger partial charge in [-0.05, 0) is 51.1 Å². The summed E-state index contributed by atoms with van der Waals surface area (Å²) in [5.74, 6) is 0.913. The second-order valence-corrected chi connectivity index (χ2v) is 7.78. The fourth-order valence-corrected chi connectivity index (χ4v) is 5.17. The first kappa shape index (κ1) is 15.8. The summed E-state index contributed by atoms with van der Waals surface area (Å²) in [5, 5.41) is 0. The first-order valence-corrected chi connectivity index (χ1v) is 9.46. The van der Waals surface area contributed by atoms with Crippen molar-refractivity contribution in [2.45, 2.75) is 76.3 Å². The summed E-state index contributed by atoms with van der Waals surface area (Å²) in [5.41, 5.74) is 6.64. The Balaban J connectivity index is 1.62. The van der Waals surface area contributed by atoms with Crippen LogP contribution in [0.4, 0.5) is 0 Å². The molecule has 1 saturated carbocycles. The molecule has 2 aliphatic heterocycles. The lowest BCUT2D eigenvalue weighted by atomic mass is 9.74. The van der Waals surface area contributed by atoms with Crippen LogP contribution in [0.15, 0.2) is 0 Å². The van der Waals surface area contributed by atoms with Gasteiger partial charge < -0.3 is 5.73 Å². The number of nitrogens with zero attached hydrogens (tertiary/aromatic N) is 2. The molecule has 3 atom stereocenters. The molecule has 1 aliphatic carbocycles. The van der Waals surface area contributed by atoms with Crippen molar-refractivity contribution >= 4 is 0 Å². The summed E-state index contributed by atoms with van der Waals surface area (Å²) in [6.45, 7) is 8.48. The number of likely N-dealkylation sites (tertiary alicyclic amines) is 2. The molecule has 3 rings (SSSR count). The van der Waals surface area contributed by atoms with Gasteiger partial charge in [0.25, 0.3) is 0 Å². The average molecular weight is 293 g/mol. The van der Waals surface area contributed by atoms with E-state index in [9.17, 15) is 0 Å². The molecule has 21 heavy (non-hydrogen) atoms. The Bertz CT molecular complexity index is 326. The highest BCUT2D eigenvalue weighted by molar-refractivity contribution is 5.00. The molecule has 2 heterocycles. The van der Waals surface area contributed by atoms with Gasteiger partial charge in [-0.25, -0.2) is 0 Å². The minimum atomic E-state index is 0.337. The van der Waals surface area contributed by atoms with Crippen LogP contribution in [0.5, 0.6) is 0 Å². The van der Waals surface area contributed by atoms with E-state index >= 15 is 0 Å². The van der Waals surface area contributed by atoms with E-state index < -0.39 is 0 Å². The normalized spacial score (nSPS) is 39.7. The Labute approximate surface area is 131 Å². The number of nitrogens with two attached hydrogens (primary N) is 1. The van der Waals surface area contributed by atoms with Crippen molar-refractivity contribution in [1.29, 1.82) is 0 Å².